The average Bonchev–Trinajstić information content (AvgIpc) is 3.43. The van der Waals surface area contributed by atoms with Gasteiger partial charge in [-0.2, -0.15) is 0 Å². The number of aromatic nitrogens is 4. The zero-order valence-corrected chi connectivity index (χ0v) is 21.4. The van der Waals surface area contributed by atoms with Gasteiger partial charge in [0.15, 0.2) is 0 Å². The maximum atomic E-state index is 5.41. The molecule has 4 rings (SSSR count). The molecule has 35 heavy (non-hydrogen) atoms. The molecule has 0 atom stereocenters. The molecule has 0 radical (unpaired) electrons. The van der Waals surface area contributed by atoms with Gasteiger partial charge < -0.3 is 29.2 Å². The van der Waals surface area contributed by atoms with Gasteiger partial charge in [0.2, 0.25) is 0 Å². The summed E-state index contributed by atoms with van der Waals surface area (Å²) in [5.41, 5.74) is 4.68. The van der Waals surface area contributed by atoms with Crippen molar-refractivity contribution in [3.63, 3.8) is 0 Å². The molecule has 0 aliphatic rings. The summed E-state index contributed by atoms with van der Waals surface area (Å²) in [6.07, 6.45) is 11.1. The van der Waals surface area contributed by atoms with Crippen molar-refractivity contribution in [3.05, 3.63) is 48.0 Å². The van der Waals surface area contributed by atoms with Gasteiger partial charge in [-0.15, -0.1) is 0 Å². The fourth-order valence-corrected chi connectivity index (χ4v) is 4.60. The molecule has 0 unspecified atom stereocenters. The van der Waals surface area contributed by atoms with Crippen LogP contribution < -0.4 is 20.1 Å². The predicted octanol–water partition coefficient (Wildman–Crippen LogP) is 3.80. The smallest absolute Gasteiger partial charge is 0.140 e. The van der Waals surface area contributed by atoms with Gasteiger partial charge in [-0.25, -0.2) is 9.97 Å². The third kappa shape index (κ3) is 5.77. The zero-order valence-electron chi connectivity index (χ0n) is 21.4. The van der Waals surface area contributed by atoms with E-state index in [9.17, 15) is 0 Å². The van der Waals surface area contributed by atoms with Crippen molar-refractivity contribution in [3.8, 4) is 11.5 Å². The van der Waals surface area contributed by atoms with Gasteiger partial charge in [0.05, 0.1) is 26.6 Å². The minimum atomic E-state index is 0.801. The first-order valence-corrected chi connectivity index (χ1v) is 12.6. The summed E-state index contributed by atoms with van der Waals surface area (Å²) < 4.78 is 15.3. The summed E-state index contributed by atoms with van der Waals surface area (Å²) in [4.78, 5) is 9.28. The first kappa shape index (κ1) is 25.0. The van der Waals surface area contributed by atoms with Crippen LogP contribution in [0.5, 0.6) is 11.5 Å². The molecule has 188 valence electrons. The Kier molecular flexibility index (Phi) is 8.60. The predicted molar refractivity (Wildman–Crippen MR) is 142 cm³/mol. The van der Waals surface area contributed by atoms with Crippen LogP contribution in [-0.4, -0.2) is 59.5 Å². The van der Waals surface area contributed by atoms with E-state index in [2.05, 4.69) is 68.1 Å². The van der Waals surface area contributed by atoms with E-state index in [4.69, 9.17) is 9.47 Å². The number of hydrogen-bond donors (Lipinski definition) is 2. The van der Waals surface area contributed by atoms with E-state index in [-0.39, 0.29) is 0 Å². The molecule has 2 N–H and O–H groups in total. The van der Waals surface area contributed by atoms with Crippen LogP contribution in [0.1, 0.15) is 31.4 Å². The van der Waals surface area contributed by atoms with E-state index in [1.54, 1.807) is 20.4 Å². The summed E-state index contributed by atoms with van der Waals surface area (Å²) in [6.45, 7) is 9.95. The van der Waals surface area contributed by atoms with Crippen molar-refractivity contribution in [2.75, 3.05) is 40.4 Å². The lowest BCUT2D eigenvalue weighted by molar-refractivity contribution is 0.413. The minimum absolute atomic E-state index is 0.801. The first-order chi connectivity index (χ1) is 17.2. The first-order valence-electron chi connectivity index (χ1n) is 12.6. The monoisotopic (exact) mass is 478 g/mol. The van der Waals surface area contributed by atoms with E-state index < -0.39 is 0 Å². The Bertz CT molecular complexity index is 1250. The molecule has 8 heteroatoms. The van der Waals surface area contributed by atoms with Crippen molar-refractivity contribution in [1.82, 2.24) is 29.7 Å². The Morgan fingerprint density at radius 3 is 1.91 bits per heavy atom. The molecule has 0 aliphatic carbocycles. The maximum Gasteiger partial charge on any atom is 0.140 e. The van der Waals surface area contributed by atoms with Crippen LogP contribution in [0.25, 0.3) is 22.1 Å². The van der Waals surface area contributed by atoms with Crippen LogP contribution in [0, 0.1) is 0 Å². The lowest BCUT2D eigenvalue weighted by atomic mass is 10.1. The topological polar surface area (TPSA) is 78.2 Å². The number of pyridine rings is 2. The van der Waals surface area contributed by atoms with E-state index in [0.29, 0.717) is 0 Å². The molecule has 0 spiro atoms. The Labute approximate surface area is 207 Å². The zero-order chi connectivity index (χ0) is 24.6. The van der Waals surface area contributed by atoms with Crippen LogP contribution in [-0.2, 0) is 25.9 Å². The van der Waals surface area contributed by atoms with Gasteiger partial charge in [0.25, 0.3) is 0 Å². The highest BCUT2D eigenvalue weighted by Gasteiger charge is 2.12. The van der Waals surface area contributed by atoms with E-state index >= 15 is 0 Å². The number of likely N-dealkylation sites (N-methyl/N-ethyl adjacent to an activating group) is 1. The van der Waals surface area contributed by atoms with Gasteiger partial charge in [-0.1, -0.05) is 6.92 Å². The molecule has 0 saturated heterocycles. The van der Waals surface area contributed by atoms with E-state index in [1.165, 1.54) is 21.9 Å². The van der Waals surface area contributed by atoms with E-state index in [0.717, 1.165) is 81.3 Å². The molecule has 0 amide bonds. The molecule has 0 bridgehead atoms. The summed E-state index contributed by atoms with van der Waals surface area (Å²) >= 11 is 0. The molecule has 4 aromatic heterocycles. The molecule has 4 aromatic rings. The van der Waals surface area contributed by atoms with Crippen LogP contribution >= 0.6 is 0 Å². The normalized spacial score (nSPS) is 11.5. The number of hydrogen-bond acceptors (Lipinski definition) is 6. The second-order valence-electron chi connectivity index (χ2n) is 8.74. The molecule has 8 nitrogen and oxygen atoms in total. The van der Waals surface area contributed by atoms with Gasteiger partial charge in [0.1, 0.15) is 22.8 Å². The van der Waals surface area contributed by atoms with Crippen molar-refractivity contribution < 1.29 is 9.47 Å². The molecule has 4 heterocycles. The van der Waals surface area contributed by atoms with Crippen molar-refractivity contribution in [1.29, 1.82) is 0 Å². The largest absolute Gasteiger partial charge is 0.495 e. The fraction of sp³-hybridized carbons (Fsp3) is 0.481. The van der Waals surface area contributed by atoms with Crippen LogP contribution in [0.4, 0.5) is 0 Å². The summed E-state index contributed by atoms with van der Waals surface area (Å²) in [5.74, 6) is 1.61. The van der Waals surface area contributed by atoms with Crippen LogP contribution in [0.2, 0.25) is 0 Å². The molecule has 0 aliphatic heterocycles. The third-order valence-corrected chi connectivity index (χ3v) is 6.50. The van der Waals surface area contributed by atoms with Crippen molar-refractivity contribution in [2.24, 2.45) is 0 Å². The molecular weight excluding hydrogens is 440 g/mol. The quantitative estimate of drug-likeness (QED) is 0.269. The minimum Gasteiger partial charge on any atom is -0.495 e. The SMILES string of the molecule is CCNCCc1cn(CCCNCCc2cn(CC)c3ncc(OC)cc23)c2ncc(OC)cc12. The third-order valence-electron chi connectivity index (χ3n) is 6.50. The molecule has 0 aromatic carbocycles. The van der Waals surface area contributed by atoms with E-state index in [1.807, 2.05) is 6.20 Å². The maximum absolute atomic E-state index is 5.41. The highest BCUT2D eigenvalue weighted by Crippen LogP contribution is 2.25. The number of aryl methyl sites for hydroxylation is 2. The van der Waals surface area contributed by atoms with Crippen molar-refractivity contribution in [2.45, 2.75) is 46.2 Å². The second-order valence-corrected chi connectivity index (χ2v) is 8.74. The number of rotatable bonds is 14. The number of nitrogens with zero attached hydrogens (tertiary/aromatic N) is 4. The lowest BCUT2D eigenvalue weighted by Crippen LogP contribution is -2.19. The van der Waals surface area contributed by atoms with Gasteiger partial charge in [-0.05, 0) is 75.6 Å². The fourth-order valence-electron chi connectivity index (χ4n) is 4.60. The number of methoxy groups -OCH3 is 2. The second kappa shape index (κ2) is 12.0. The molecule has 0 saturated carbocycles. The van der Waals surface area contributed by atoms with Crippen LogP contribution in [0.15, 0.2) is 36.9 Å². The van der Waals surface area contributed by atoms with Gasteiger partial charge in [-0.3, -0.25) is 0 Å². The number of ether oxygens (including phenoxy) is 2. The number of fused-ring (bicyclic) bond motifs is 2. The molecule has 0 fully saturated rings. The Morgan fingerprint density at radius 1 is 0.771 bits per heavy atom. The van der Waals surface area contributed by atoms with Crippen molar-refractivity contribution >= 4 is 22.1 Å². The number of nitrogens with one attached hydrogen (secondary N) is 2. The lowest BCUT2D eigenvalue weighted by Gasteiger charge is -2.07. The average molecular weight is 479 g/mol. The van der Waals surface area contributed by atoms with Gasteiger partial charge >= 0.3 is 0 Å². The standard InChI is InChI=1S/C27H38N6O2/c1-5-28-11-8-21-19-33(27-25(21)15-23(35-4)17-31-27)13-7-10-29-12-9-20-18-32(6-2)26-24(20)14-22(34-3)16-30-26/h14-19,28-29H,5-13H2,1-4H3. The van der Waals surface area contributed by atoms with Gasteiger partial charge in [0, 0.05) is 36.3 Å². The summed E-state index contributed by atoms with van der Waals surface area (Å²) in [7, 11) is 3.38. The Balaban J connectivity index is 1.33. The van der Waals surface area contributed by atoms with Crippen LogP contribution in [0.3, 0.4) is 0 Å². The highest BCUT2D eigenvalue weighted by atomic mass is 16.5. The summed E-state index contributed by atoms with van der Waals surface area (Å²) in [6, 6.07) is 4.20. The molecular formula is C27H38N6O2. The highest BCUT2D eigenvalue weighted by molar-refractivity contribution is 5.82. The Hall–Kier alpha value is -3.10. The summed E-state index contributed by atoms with van der Waals surface area (Å²) in [5, 5.41) is 9.40. The Morgan fingerprint density at radius 2 is 1.34 bits per heavy atom.